The number of phenols is 1. The van der Waals surface area contributed by atoms with Gasteiger partial charge in [0.1, 0.15) is 0 Å². The standard InChI is InChI=1S/C14H11ClN4O6S/c1-6-8(15)3-7(12(21)11(6)19(23)24)5-16-18-14-17-13(22)9(26-14)4-10(20)25-2/h3-5,21H,1-2H3,(H,17,18,22)/b9-4+,16-5?. The van der Waals surface area contributed by atoms with Crippen LogP contribution in [0.15, 0.2) is 27.3 Å². The number of benzene rings is 1. The second kappa shape index (κ2) is 7.97. The molecule has 1 heterocycles. The van der Waals surface area contributed by atoms with Crippen LogP contribution in [0.25, 0.3) is 0 Å². The van der Waals surface area contributed by atoms with E-state index in [1.54, 1.807) is 0 Å². The molecule has 2 rings (SSSR count). The highest BCUT2D eigenvalue weighted by Gasteiger charge is 2.25. The van der Waals surface area contributed by atoms with Crippen molar-refractivity contribution in [3.05, 3.63) is 43.3 Å². The monoisotopic (exact) mass is 398 g/mol. The lowest BCUT2D eigenvalue weighted by molar-refractivity contribution is -0.386. The SMILES string of the molecule is COC(=O)/C=C1/S/C(=N\N=Cc2cc(Cl)c(C)c([N+](=O)[O-])c2O)NC1=O. The number of hydrogen-bond donors (Lipinski definition) is 2. The van der Waals surface area contributed by atoms with Crippen molar-refractivity contribution < 1.29 is 24.4 Å². The summed E-state index contributed by atoms with van der Waals surface area (Å²) in [6, 6.07) is 1.30. The van der Waals surface area contributed by atoms with Gasteiger partial charge < -0.3 is 9.84 Å². The largest absolute Gasteiger partial charge is 0.502 e. The third kappa shape index (κ3) is 4.18. The van der Waals surface area contributed by atoms with E-state index < -0.39 is 28.2 Å². The summed E-state index contributed by atoms with van der Waals surface area (Å²) >= 11 is 6.77. The minimum Gasteiger partial charge on any atom is -0.502 e. The van der Waals surface area contributed by atoms with E-state index in [9.17, 15) is 24.8 Å². The van der Waals surface area contributed by atoms with Crippen molar-refractivity contribution in [2.45, 2.75) is 6.92 Å². The van der Waals surface area contributed by atoms with Crippen molar-refractivity contribution in [2.75, 3.05) is 7.11 Å². The van der Waals surface area contributed by atoms with Crippen LogP contribution in [-0.4, -0.2) is 40.4 Å². The number of thioether (sulfide) groups is 1. The molecule has 1 aliphatic heterocycles. The molecule has 10 nitrogen and oxygen atoms in total. The lowest BCUT2D eigenvalue weighted by Crippen LogP contribution is -2.19. The summed E-state index contributed by atoms with van der Waals surface area (Å²) < 4.78 is 4.43. The summed E-state index contributed by atoms with van der Waals surface area (Å²) in [4.78, 5) is 33.2. The first-order chi connectivity index (χ1) is 12.2. The molecule has 1 amide bonds. The summed E-state index contributed by atoms with van der Waals surface area (Å²) in [6.07, 6.45) is 2.05. The molecule has 0 saturated carbocycles. The van der Waals surface area contributed by atoms with E-state index in [1.807, 2.05) is 0 Å². The maximum Gasteiger partial charge on any atom is 0.331 e. The van der Waals surface area contributed by atoms with Crippen LogP contribution in [0.3, 0.4) is 0 Å². The molecule has 0 spiro atoms. The third-order valence-electron chi connectivity index (χ3n) is 3.12. The molecule has 1 aliphatic rings. The van der Waals surface area contributed by atoms with E-state index >= 15 is 0 Å². The highest BCUT2D eigenvalue weighted by atomic mass is 35.5. The Morgan fingerprint density at radius 3 is 2.85 bits per heavy atom. The molecule has 2 N–H and O–H groups in total. The lowest BCUT2D eigenvalue weighted by Gasteiger charge is -2.05. The molecular weight excluding hydrogens is 388 g/mol. The van der Waals surface area contributed by atoms with Crippen molar-refractivity contribution >= 4 is 52.3 Å². The number of rotatable bonds is 4. The van der Waals surface area contributed by atoms with Gasteiger partial charge >= 0.3 is 11.7 Å². The summed E-state index contributed by atoms with van der Waals surface area (Å²) in [5.74, 6) is -1.85. The predicted molar refractivity (Wildman–Crippen MR) is 95.4 cm³/mol. The Morgan fingerprint density at radius 1 is 1.54 bits per heavy atom. The number of amides is 1. The van der Waals surface area contributed by atoms with Gasteiger partial charge in [-0.1, -0.05) is 11.6 Å². The Hall–Kier alpha value is -2.92. The minimum absolute atomic E-state index is 0.0173. The van der Waals surface area contributed by atoms with Gasteiger partial charge in [-0.2, -0.15) is 5.10 Å². The van der Waals surface area contributed by atoms with Crippen LogP contribution in [-0.2, 0) is 14.3 Å². The van der Waals surface area contributed by atoms with Gasteiger partial charge in [-0.05, 0) is 24.8 Å². The quantitative estimate of drug-likeness (QED) is 0.259. The number of nitrogens with zero attached hydrogens (tertiary/aromatic N) is 3. The van der Waals surface area contributed by atoms with E-state index in [1.165, 1.54) is 20.1 Å². The second-order valence-corrected chi connectivity index (χ2v) is 6.20. The topological polar surface area (TPSA) is 143 Å². The summed E-state index contributed by atoms with van der Waals surface area (Å²) in [5.41, 5.74) is -0.427. The molecule has 0 atom stereocenters. The fraction of sp³-hybridized carbons (Fsp3) is 0.143. The second-order valence-electron chi connectivity index (χ2n) is 4.76. The summed E-state index contributed by atoms with van der Waals surface area (Å²) in [6.45, 7) is 1.40. The minimum atomic E-state index is -0.753. The number of methoxy groups -OCH3 is 1. The van der Waals surface area contributed by atoms with Crippen LogP contribution in [0.1, 0.15) is 11.1 Å². The number of phenolic OH excluding ortho intramolecular Hbond substituents is 1. The van der Waals surface area contributed by atoms with E-state index in [4.69, 9.17) is 11.6 Å². The number of halogens is 1. The van der Waals surface area contributed by atoms with Crippen molar-refractivity contribution in [1.29, 1.82) is 0 Å². The normalized spacial score (nSPS) is 17.1. The highest BCUT2D eigenvalue weighted by Crippen LogP contribution is 2.36. The number of nitro groups is 1. The average Bonchev–Trinajstić information content (AvgIpc) is 2.91. The molecule has 1 fully saturated rings. The fourth-order valence-corrected chi connectivity index (χ4v) is 2.79. The van der Waals surface area contributed by atoms with Gasteiger partial charge in [0.15, 0.2) is 5.17 Å². The highest BCUT2D eigenvalue weighted by molar-refractivity contribution is 8.18. The Bertz CT molecular complexity index is 896. The number of carbonyl (C=O) groups excluding carboxylic acids is 2. The van der Waals surface area contributed by atoms with Gasteiger partial charge in [-0.15, -0.1) is 5.10 Å². The molecule has 136 valence electrons. The molecule has 0 bridgehead atoms. The van der Waals surface area contributed by atoms with Gasteiger partial charge in [0.05, 0.1) is 28.2 Å². The zero-order chi connectivity index (χ0) is 19.4. The van der Waals surface area contributed by atoms with Gasteiger partial charge in [-0.3, -0.25) is 20.2 Å². The molecule has 1 saturated heterocycles. The van der Waals surface area contributed by atoms with Gasteiger partial charge in [0.2, 0.25) is 5.75 Å². The summed E-state index contributed by atoms with van der Waals surface area (Å²) in [5, 5.41) is 30.9. The Morgan fingerprint density at radius 2 is 2.23 bits per heavy atom. The molecule has 12 heteroatoms. The van der Waals surface area contributed by atoms with Crippen molar-refractivity contribution in [2.24, 2.45) is 10.2 Å². The number of carbonyl (C=O) groups is 2. The first-order valence-corrected chi connectivity index (χ1v) is 8.00. The fourth-order valence-electron chi connectivity index (χ4n) is 1.85. The first kappa shape index (κ1) is 19.4. The van der Waals surface area contributed by atoms with E-state index in [0.29, 0.717) is 0 Å². The summed E-state index contributed by atoms with van der Waals surface area (Å²) in [7, 11) is 1.18. The van der Waals surface area contributed by atoms with Gasteiger partial charge in [-0.25, -0.2) is 4.79 Å². The molecule has 1 aromatic rings. The van der Waals surface area contributed by atoms with E-state index in [-0.39, 0.29) is 26.2 Å². The van der Waals surface area contributed by atoms with E-state index in [0.717, 1.165) is 24.1 Å². The van der Waals surface area contributed by atoms with Crippen LogP contribution >= 0.6 is 23.4 Å². The number of amidine groups is 1. The van der Waals surface area contributed by atoms with Crippen LogP contribution in [0.5, 0.6) is 5.75 Å². The third-order valence-corrected chi connectivity index (χ3v) is 4.42. The van der Waals surface area contributed by atoms with Crippen LogP contribution in [0.4, 0.5) is 5.69 Å². The smallest absolute Gasteiger partial charge is 0.331 e. The van der Waals surface area contributed by atoms with Gasteiger partial charge in [0.25, 0.3) is 5.91 Å². The number of ether oxygens (including phenoxy) is 1. The van der Waals surface area contributed by atoms with Crippen LogP contribution in [0, 0.1) is 17.0 Å². The van der Waals surface area contributed by atoms with Crippen LogP contribution in [0.2, 0.25) is 5.02 Å². The molecule has 0 aromatic heterocycles. The Balaban J connectivity index is 2.25. The number of nitrogens with one attached hydrogen (secondary N) is 1. The lowest BCUT2D eigenvalue weighted by atomic mass is 10.1. The maximum absolute atomic E-state index is 11.7. The van der Waals surface area contributed by atoms with E-state index in [2.05, 4.69) is 20.3 Å². The van der Waals surface area contributed by atoms with Crippen molar-refractivity contribution in [1.82, 2.24) is 5.32 Å². The molecule has 0 aliphatic carbocycles. The maximum atomic E-state index is 11.7. The average molecular weight is 399 g/mol. The Labute approximate surface area is 155 Å². The zero-order valence-electron chi connectivity index (χ0n) is 13.3. The molecular formula is C14H11ClN4O6S. The molecule has 26 heavy (non-hydrogen) atoms. The van der Waals surface area contributed by atoms with Crippen LogP contribution < -0.4 is 5.32 Å². The molecule has 1 aromatic carbocycles. The predicted octanol–water partition coefficient (Wildman–Crippen LogP) is 1.87. The van der Waals surface area contributed by atoms with Crippen molar-refractivity contribution in [3.63, 3.8) is 0 Å². The number of nitro benzene ring substituents is 1. The number of esters is 1. The Kier molecular flexibility index (Phi) is 5.95. The van der Waals surface area contributed by atoms with Gasteiger partial charge in [0, 0.05) is 17.2 Å². The van der Waals surface area contributed by atoms with Crippen molar-refractivity contribution in [3.8, 4) is 5.75 Å². The number of hydrogen-bond acceptors (Lipinski definition) is 9. The first-order valence-electron chi connectivity index (χ1n) is 6.81. The zero-order valence-corrected chi connectivity index (χ0v) is 14.9. The molecule has 0 radical (unpaired) electrons. The number of aromatic hydroxyl groups is 1. The molecule has 0 unspecified atom stereocenters.